The summed E-state index contributed by atoms with van der Waals surface area (Å²) in [5.74, 6) is -0.420. The molecule has 2 rings (SSSR count). The molecule has 0 aliphatic heterocycles. The maximum absolute atomic E-state index is 12.2. The second kappa shape index (κ2) is 8.71. The number of amides is 2. The highest BCUT2D eigenvalue weighted by Crippen LogP contribution is 2.21. The molecule has 0 spiro atoms. The summed E-state index contributed by atoms with van der Waals surface area (Å²) in [5, 5.41) is 5.58. The van der Waals surface area contributed by atoms with Crippen LogP contribution in [0.2, 0.25) is 0 Å². The molecule has 2 aromatic rings. The van der Waals surface area contributed by atoms with Gasteiger partial charge in [-0.2, -0.15) is 0 Å². The van der Waals surface area contributed by atoms with Crippen molar-refractivity contribution in [1.29, 1.82) is 0 Å². The van der Waals surface area contributed by atoms with E-state index in [1.54, 1.807) is 0 Å². The molecule has 0 aromatic heterocycles. The average Bonchev–Trinajstić information content (AvgIpc) is 2.55. The van der Waals surface area contributed by atoms with E-state index in [1.807, 2.05) is 70.8 Å². The zero-order valence-corrected chi connectivity index (χ0v) is 17.1. The van der Waals surface area contributed by atoms with E-state index >= 15 is 0 Å². The minimum Gasteiger partial charge on any atom is -0.365 e. The lowest BCUT2D eigenvalue weighted by atomic mass is 10.1. The molecule has 5 heteroatoms. The fourth-order valence-corrected chi connectivity index (χ4v) is 3.27. The Balaban J connectivity index is 1.89. The summed E-state index contributed by atoms with van der Waals surface area (Å²) in [6.45, 7) is 10.2. The normalized spacial score (nSPS) is 10.4. The SMILES string of the molecule is Cc1cc(C)cc(N(C)CC(=O)NCC(=O)Nc2c(C)cc(C)cc2C)c1. The van der Waals surface area contributed by atoms with Crippen LogP contribution < -0.4 is 15.5 Å². The first-order chi connectivity index (χ1) is 12.7. The molecule has 27 heavy (non-hydrogen) atoms. The Kier molecular flexibility index (Phi) is 6.61. The van der Waals surface area contributed by atoms with E-state index in [-0.39, 0.29) is 24.9 Å². The Morgan fingerprint density at radius 1 is 0.815 bits per heavy atom. The van der Waals surface area contributed by atoms with Crippen molar-refractivity contribution in [3.63, 3.8) is 0 Å². The number of anilines is 2. The van der Waals surface area contributed by atoms with Gasteiger partial charge in [0, 0.05) is 18.4 Å². The van der Waals surface area contributed by atoms with Gasteiger partial charge in [0.15, 0.2) is 0 Å². The van der Waals surface area contributed by atoms with Gasteiger partial charge in [-0.25, -0.2) is 0 Å². The summed E-state index contributed by atoms with van der Waals surface area (Å²) < 4.78 is 0. The fourth-order valence-electron chi connectivity index (χ4n) is 3.27. The minimum absolute atomic E-state index is 0.0493. The third-order valence-corrected chi connectivity index (χ3v) is 4.42. The molecule has 0 fully saturated rings. The quantitative estimate of drug-likeness (QED) is 0.822. The molecule has 0 aliphatic rings. The number of carbonyl (C=O) groups excluding carboxylic acids is 2. The zero-order valence-electron chi connectivity index (χ0n) is 17.1. The molecular weight excluding hydrogens is 338 g/mol. The number of hydrogen-bond donors (Lipinski definition) is 2. The number of likely N-dealkylation sites (N-methyl/N-ethyl adjacent to an activating group) is 1. The van der Waals surface area contributed by atoms with E-state index in [9.17, 15) is 9.59 Å². The number of aryl methyl sites for hydroxylation is 5. The van der Waals surface area contributed by atoms with Crippen molar-refractivity contribution < 1.29 is 9.59 Å². The maximum atomic E-state index is 12.2. The fraction of sp³-hybridized carbons (Fsp3) is 0.364. The second-order valence-corrected chi connectivity index (χ2v) is 7.30. The summed E-state index contributed by atoms with van der Waals surface area (Å²) in [6.07, 6.45) is 0. The van der Waals surface area contributed by atoms with Gasteiger partial charge in [-0.1, -0.05) is 23.8 Å². The van der Waals surface area contributed by atoms with Crippen molar-refractivity contribution in [2.24, 2.45) is 0 Å². The van der Waals surface area contributed by atoms with Crippen molar-refractivity contribution in [1.82, 2.24) is 5.32 Å². The monoisotopic (exact) mass is 367 g/mol. The van der Waals surface area contributed by atoms with E-state index in [1.165, 1.54) is 0 Å². The van der Waals surface area contributed by atoms with Crippen molar-refractivity contribution in [3.8, 4) is 0 Å². The summed E-state index contributed by atoms with van der Waals surface area (Å²) in [4.78, 5) is 26.3. The molecule has 0 heterocycles. The van der Waals surface area contributed by atoms with Crippen LogP contribution >= 0.6 is 0 Å². The average molecular weight is 367 g/mol. The summed E-state index contributed by atoms with van der Waals surface area (Å²) in [7, 11) is 1.87. The summed E-state index contributed by atoms with van der Waals surface area (Å²) >= 11 is 0. The van der Waals surface area contributed by atoms with E-state index in [0.29, 0.717) is 0 Å². The highest BCUT2D eigenvalue weighted by molar-refractivity contribution is 5.96. The molecule has 2 N–H and O–H groups in total. The van der Waals surface area contributed by atoms with Gasteiger partial charge in [0.2, 0.25) is 11.8 Å². The Morgan fingerprint density at radius 3 is 1.89 bits per heavy atom. The van der Waals surface area contributed by atoms with Crippen molar-refractivity contribution >= 4 is 23.2 Å². The van der Waals surface area contributed by atoms with Gasteiger partial charge in [-0.05, 0) is 69.0 Å². The number of carbonyl (C=O) groups is 2. The Hall–Kier alpha value is -2.82. The van der Waals surface area contributed by atoms with Gasteiger partial charge in [0.05, 0.1) is 13.1 Å². The van der Waals surface area contributed by atoms with Gasteiger partial charge in [0.25, 0.3) is 0 Å². The van der Waals surface area contributed by atoms with Crippen LogP contribution in [0.5, 0.6) is 0 Å². The third kappa shape index (κ3) is 5.84. The van der Waals surface area contributed by atoms with E-state index in [2.05, 4.69) is 16.7 Å². The Labute approximate surface area is 161 Å². The lowest BCUT2D eigenvalue weighted by Crippen LogP contribution is -2.39. The largest absolute Gasteiger partial charge is 0.365 e. The lowest BCUT2D eigenvalue weighted by molar-refractivity contribution is -0.123. The van der Waals surface area contributed by atoms with Crippen LogP contribution in [0.15, 0.2) is 30.3 Å². The van der Waals surface area contributed by atoms with Crippen LogP contribution in [-0.2, 0) is 9.59 Å². The molecule has 5 nitrogen and oxygen atoms in total. The molecular formula is C22H29N3O2. The van der Waals surface area contributed by atoms with Crippen LogP contribution in [0, 0.1) is 34.6 Å². The van der Waals surface area contributed by atoms with Crippen LogP contribution in [-0.4, -0.2) is 32.0 Å². The topological polar surface area (TPSA) is 61.4 Å². The summed E-state index contributed by atoms with van der Waals surface area (Å²) in [6, 6.07) is 10.2. The number of benzene rings is 2. The molecule has 0 radical (unpaired) electrons. The van der Waals surface area contributed by atoms with Gasteiger partial charge >= 0.3 is 0 Å². The molecule has 2 aromatic carbocycles. The molecule has 2 amide bonds. The summed E-state index contributed by atoms with van der Waals surface area (Å²) in [5.41, 5.74) is 7.29. The number of nitrogens with zero attached hydrogens (tertiary/aromatic N) is 1. The predicted molar refractivity (Wildman–Crippen MR) is 111 cm³/mol. The van der Waals surface area contributed by atoms with E-state index < -0.39 is 0 Å². The van der Waals surface area contributed by atoms with Crippen LogP contribution in [0.1, 0.15) is 27.8 Å². The first-order valence-electron chi connectivity index (χ1n) is 9.09. The lowest BCUT2D eigenvalue weighted by Gasteiger charge is -2.20. The molecule has 0 aliphatic carbocycles. The zero-order chi connectivity index (χ0) is 20.1. The van der Waals surface area contributed by atoms with Crippen LogP contribution in [0.4, 0.5) is 11.4 Å². The molecule has 0 unspecified atom stereocenters. The van der Waals surface area contributed by atoms with Crippen molar-refractivity contribution in [2.75, 3.05) is 30.4 Å². The van der Waals surface area contributed by atoms with Gasteiger partial charge in [-0.15, -0.1) is 0 Å². The van der Waals surface area contributed by atoms with E-state index in [4.69, 9.17) is 0 Å². The molecule has 0 saturated heterocycles. The van der Waals surface area contributed by atoms with Crippen LogP contribution in [0.3, 0.4) is 0 Å². The highest BCUT2D eigenvalue weighted by atomic mass is 16.2. The Morgan fingerprint density at radius 2 is 1.33 bits per heavy atom. The number of hydrogen-bond acceptors (Lipinski definition) is 3. The molecule has 144 valence electrons. The molecule has 0 atom stereocenters. The number of nitrogens with one attached hydrogen (secondary N) is 2. The van der Waals surface area contributed by atoms with Crippen molar-refractivity contribution in [3.05, 3.63) is 58.1 Å². The standard InChI is InChI=1S/C22H29N3O2/c1-14-7-15(2)11-19(10-14)25(6)13-21(27)23-12-20(26)24-22-17(4)8-16(3)9-18(22)5/h7-11H,12-13H2,1-6H3,(H,23,27)(H,24,26). The van der Waals surface area contributed by atoms with Crippen LogP contribution in [0.25, 0.3) is 0 Å². The van der Waals surface area contributed by atoms with E-state index in [0.717, 1.165) is 39.2 Å². The van der Waals surface area contributed by atoms with Gasteiger partial charge < -0.3 is 15.5 Å². The minimum atomic E-state index is -0.229. The Bertz CT molecular complexity index is 815. The highest BCUT2D eigenvalue weighted by Gasteiger charge is 2.12. The predicted octanol–water partition coefficient (Wildman–Crippen LogP) is 3.42. The molecule has 0 bridgehead atoms. The first-order valence-corrected chi connectivity index (χ1v) is 9.09. The smallest absolute Gasteiger partial charge is 0.243 e. The van der Waals surface area contributed by atoms with Gasteiger partial charge in [0.1, 0.15) is 0 Å². The maximum Gasteiger partial charge on any atom is 0.243 e. The molecule has 0 saturated carbocycles. The number of rotatable bonds is 6. The first kappa shape index (κ1) is 20.5. The van der Waals surface area contributed by atoms with Gasteiger partial charge in [-0.3, -0.25) is 9.59 Å². The van der Waals surface area contributed by atoms with Crippen molar-refractivity contribution in [2.45, 2.75) is 34.6 Å². The third-order valence-electron chi connectivity index (χ3n) is 4.42. The second-order valence-electron chi connectivity index (χ2n) is 7.30.